The maximum absolute atomic E-state index is 13.1. The number of nitrogens with zero attached hydrogens (tertiary/aromatic N) is 3. The van der Waals surface area contributed by atoms with Crippen LogP contribution in [0.3, 0.4) is 0 Å². The molecule has 0 bridgehead atoms. The average molecular weight is 581 g/mol. The third-order valence-corrected chi connectivity index (χ3v) is 7.65. The molecule has 8 nitrogen and oxygen atoms in total. The lowest BCUT2D eigenvalue weighted by molar-refractivity contribution is -0.274. The third kappa shape index (κ3) is 6.46. The number of hydrogen-bond donors (Lipinski definition) is 2. The molecule has 0 spiro atoms. The van der Waals surface area contributed by atoms with Gasteiger partial charge in [0.25, 0.3) is 5.91 Å². The Hall–Kier alpha value is -3.47. The molecule has 0 radical (unpaired) electrons. The lowest BCUT2D eigenvalue weighted by atomic mass is 9.70. The molecule has 12 heteroatoms. The number of ether oxygens (including phenoxy) is 1. The highest BCUT2D eigenvalue weighted by Crippen LogP contribution is 2.46. The van der Waals surface area contributed by atoms with Crippen LogP contribution in [0.5, 0.6) is 5.75 Å². The van der Waals surface area contributed by atoms with Crippen LogP contribution in [-0.2, 0) is 4.79 Å². The highest BCUT2D eigenvalue weighted by molar-refractivity contribution is 6.34. The van der Waals surface area contributed by atoms with Crippen molar-refractivity contribution in [3.8, 4) is 5.75 Å². The van der Waals surface area contributed by atoms with E-state index in [1.165, 1.54) is 38.2 Å². The van der Waals surface area contributed by atoms with Crippen LogP contribution < -0.4 is 10.1 Å². The maximum Gasteiger partial charge on any atom is 0.573 e. The van der Waals surface area contributed by atoms with Crippen molar-refractivity contribution in [2.75, 3.05) is 12.4 Å². The van der Waals surface area contributed by atoms with E-state index in [1.54, 1.807) is 12.1 Å². The van der Waals surface area contributed by atoms with E-state index in [0.717, 1.165) is 24.2 Å². The number of hydrogen-bond acceptors (Lipinski definition) is 5. The predicted octanol–water partition coefficient (Wildman–Crippen LogP) is 7.26. The second-order valence-corrected chi connectivity index (χ2v) is 11.7. The molecule has 1 aliphatic rings. The fraction of sp³-hybridized carbons (Fsp3) is 0.464. The zero-order valence-corrected chi connectivity index (χ0v) is 23.6. The van der Waals surface area contributed by atoms with Gasteiger partial charge < -0.3 is 24.6 Å². The molecule has 4 rings (SSSR count). The average Bonchev–Trinajstić information content (AvgIpc) is 3.17. The number of alkyl halides is 3. The number of carbonyl (C=O) groups is 2. The molecule has 216 valence electrons. The number of anilines is 2. The molecule has 1 amide bonds. The van der Waals surface area contributed by atoms with Crippen molar-refractivity contribution in [1.82, 2.24) is 14.5 Å². The van der Waals surface area contributed by atoms with Crippen molar-refractivity contribution in [3.63, 3.8) is 0 Å². The number of fused-ring (bicyclic) bond motifs is 1. The monoisotopic (exact) mass is 580 g/mol. The molecule has 0 saturated heterocycles. The van der Waals surface area contributed by atoms with E-state index in [-0.39, 0.29) is 27.8 Å². The topological polar surface area (TPSA) is 96.7 Å². The van der Waals surface area contributed by atoms with Crippen molar-refractivity contribution in [1.29, 1.82) is 0 Å². The van der Waals surface area contributed by atoms with E-state index in [4.69, 9.17) is 16.6 Å². The first-order valence-electron chi connectivity index (χ1n) is 12.9. The highest BCUT2D eigenvalue weighted by Gasteiger charge is 2.35. The van der Waals surface area contributed by atoms with E-state index >= 15 is 0 Å². The van der Waals surface area contributed by atoms with Crippen molar-refractivity contribution in [2.24, 2.45) is 11.3 Å². The first kappa shape index (κ1) is 29.5. The number of benzene rings is 2. The van der Waals surface area contributed by atoms with Crippen LogP contribution in [0.1, 0.15) is 63.4 Å². The zero-order valence-electron chi connectivity index (χ0n) is 22.8. The first-order chi connectivity index (χ1) is 18.5. The second kappa shape index (κ2) is 10.8. The molecule has 2 N–H and O–H groups in total. The van der Waals surface area contributed by atoms with E-state index < -0.39 is 24.3 Å². The van der Waals surface area contributed by atoms with E-state index in [1.807, 2.05) is 4.57 Å². The van der Waals surface area contributed by atoms with E-state index in [0.29, 0.717) is 28.6 Å². The molecular weight excluding hydrogens is 549 g/mol. The second-order valence-electron chi connectivity index (χ2n) is 11.3. The summed E-state index contributed by atoms with van der Waals surface area (Å²) in [5, 5.41) is 12.7. The van der Waals surface area contributed by atoms with Crippen LogP contribution in [0.2, 0.25) is 5.02 Å². The Morgan fingerprint density at radius 1 is 1.23 bits per heavy atom. The molecule has 40 heavy (non-hydrogen) atoms. The van der Waals surface area contributed by atoms with Crippen molar-refractivity contribution < 1.29 is 32.6 Å². The molecular formula is C28H32ClF3N4O4. The Morgan fingerprint density at radius 2 is 1.88 bits per heavy atom. The van der Waals surface area contributed by atoms with Crippen molar-refractivity contribution >= 4 is 46.1 Å². The minimum Gasteiger partial charge on any atom is -0.480 e. The smallest absolute Gasteiger partial charge is 0.480 e. The highest BCUT2D eigenvalue weighted by atomic mass is 35.5. The van der Waals surface area contributed by atoms with E-state index in [2.05, 4.69) is 30.8 Å². The van der Waals surface area contributed by atoms with E-state index in [9.17, 15) is 27.9 Å². The quantitative estimate of drug-likeness (QED) is 0.305. The van der Waals surface area contributed by atoms with Gasteiger partial charge in [-0.2, -0.15) is 0 Å². The largest absolute Gasteiger partial charge is 0.573 e. The van der Waals surface area contributed by atoms with Gasteiger partial charge in [0.2, 0.25) is 5.95 Å². The van der Waals surface area contributed by atoms with Crippen LogP contribution in [-0.4, -0.2) is 50.9 Å². The normalized spacial score (nSPS) is 19.7. The molecule has 3 atom stereocenters. The first-order valence-corrected chi connectivity index (χ1v) is 13.3. The maximum atomic E-state index is 13.1. The van der Waals surface area contributed by atoms with Gasteiger partial charge in [-0.3, -0.25) is 4.79 Å². The van der Waals surface area contributed by atoms with Gasteiger partial charge in [0.15, 0.2) is 0 Å². The van der Waals surface area contributed by atoms with Gasteiger partial charge in [0.1, 0.15) is 11.8 Å². The number of rotatable bonds is 7. The standard InChI is InChI=1S/C28H32ClF3N4O4/c1-15-10-18(14-27(3,4)13-15)36-23-12-21(29)20(24(37)35(5)16(2)25(38)39)11-22(23)34-26(36)33-17-6-8-19(9-7-17)40-28(30,31)32/h6-9,11-12,15-16,18H,10,13-14H2,1-5H3,(H,33,34)(H,38,39)/t15-,16+,18+/m0/s1. The van der Waals surface area contributed by atoms with Crippen LogP contribution >= 0.6 is 11.6 Å². The van der Waals surface area contributed by atoms with Gasteiger partial charge in [-0.1, -0.05) is 32.4 Å². The summed E-state index contributed by atoms with van der Waals surface area (Å²) in [6.45, 7) is 8.03. The summed E-state index contributed by atoms with van der Waals surface area (Å²) >= 11 is 6.60. The van der Waals surface area contributed by atoms with Gasteiger partial charge in [-0.05, 0) is 73.9 Å². The summed E-state index contributed by atoms with van der Waals surface area (Å²) in [5.41, 5.74) is 1.82. The summed E-state index contributed by atoms with van der Waals surface area (Å²) in [6.07, 6.45) is -2.00. The molecule has 0 unspecified atom stereocenters. The molecule has 1 fully saturated rings. The Kier molecular flexibility index (Phi) is 7.99. The molecule has 1 aromatic heterocycles. The number of aliphatic carboxylic acids is 1. The number of carboxylic acid groups (broad SMARTS) is 1. The Labute approximate surface area is 235 Å². The minimum absolute atomic E-state index is 0.0337. The van der Waals surface area contributed by atoms with Crippen LogP contribution in [0.15, 0.2) is 36.4 Å². The number of amides is 1. The SMILES string of the molecule is C[C@H]1C[C@@H](n2c(Nc3ccc(OC(F)(F)F)cc3)nc3cc(C(=O)N(C)[C@H](C)C(=O)O)c(Cl)cc32)CC(C)(C)C1. The van der Waals surface area contributed by atoms with Gasteiger partial charge in [-0.15, -0.1) is 13.2 Å². The van der Waals surface area contributed by atoms with Gasteiger partial charge in [-0.25, -0.2) is 9.78 Å². The molecule has 3 aromatic rings. The molecule has 1 saturated carbocycles. The predicted molar refractivity (Wildman–Crippen MR) is 146 cm³/mol. The van der Waals surface area contributed by atoms with Crippen LogP contribution in [0, 0.1) is 11.3 Å². The number of carbonyl (C=O) groups excluding carboxylic acids is 1. The number of likely N-dealkylation sites (N-methyl/N-ethyl adjacent to an activating group) is 1. The van der Waals surface area contributed by atoms with Crippen molar-refractivity contribution in [2.45, 2.75) is 65.4 Å². The lowest BCUT2D eigenvalue weighted by Gasteiger charge is -2.40. The lowest BCUT2D eigenvalue weighted by Crippen LogP contribution is -2.40. The summed E-state index contributed by atoms with van der Waals surface area (Å²) in [5.74, 6) is -1.17. The Bertz CT molecular complexity index is 1420. The summed E-state index contributed by atoms with van der Waals surface area (Å²) in [4.78, 5) is 30.4. The molecule has 1 heterocycles. The van der Waals surface area contributed by atoms with Crippen LogP contribution in [0.25, 0.3) is 11.0 Å². The van der Waals surface area contributed by atoms with Crippen molar-refractivity contribution in [3.05, 3.63) is 47.0 Å². The van der Waals surface area contributed by atoms with Gasteiger partial charge >= 0.3 is 12.3 Å². The Morgan fingerprint density at radius 3 is 2.45 bits per heavy atom. The zero-order chi connectivity index (χ0) is 29.6. The summed E-state index contributed by atoms with van der Waals surface area (Å²) < 4.78 is 43.8. The molecule has 2 aromatic carbocycles. The number of aromatic nitrogens is 2. The Balaban J connectivity index is 1.78. The van der Waals surface area contributed by atoms with Gasteiger partial charge in [0.05, 0.1) is 21.6 Å². The summed E-state index contributed by atoms with van der Waals surface area (Å²) in [6, 6.07) is 7.52. The van der Waals surface area contributed by atoms with Gasteiger partial charge in [0, 0.05) is 18.8 Å². The molecule has 1 aliphatic carbocycles. The minimum atomic E-state index is -4.79. The number of nitrogens with one attached hydrogen (secondary N) is 1. The van der Waals surface area contributed by atoms with Crippen LogP contribution in [0.4, 0.5) is 24.8 Å². The number of imidazole rings is 1. The third-order valence-electron chi connectivity index (χ3n) is 7.34. The number of halogens is 4. The fourth-order valence-corrected chi connectivity index (χ4v) is 5.87. The fourth-order valence-electron chi connectivity index (χ4n) is 5.63. The number of carboxylic acids is 1. The summed E-state index contributed by atoms with van der Waals surface area (Å²) in [7, 11) is 1.39. The molecule has 0 aliphatic heterocycles.